The average Bonchev–Trinajstić information content (AvgIpc) is 2.53. The number of benzene rings is 1. The van der Waals surface area contributed by atoms with Gasteiger partial charge in [0.1, 0.15) is 5.75 Å². The molecule has 0 aliphatic heterocycles. The first kappa shape index (κ1) is 18.4. The predicted molar refractivity (Wildman–Crippen MR) is 81.5 cm³/mol. The summed E-state index contributed by atoms with van der Waals surface area (Å²) in [5.41, 5.74) is 0.847. The van der Waals surface area contributed by atoms with Crippen LogP contribution in [0.15, 0.2) is 36.5 Å². The zero-order valence-electron chi connectivity index (χ0n) is 13.4. The topological polar surface area (TPSA) is 65.5 Å². The second kappa shape index (κ2) is 7.33. The summed E-state index contributed by atoms with van der Waals surface area (Å²) in [4.78, 5) is 28.0. The van der Waals surface area contributed by atoms with Gasteiger partial charge in [0.05, 0.1) is 18.2 Å². The van der Waals surface area contributed by atoms with E-state index in [1.165, 1.54) is 6.20 Å². The summed E-state index contributed by atoms with van der Waals surface area (Å²) in [5.74, 6) is -2.07. The van der Waals surface area contributed by atoms with Crippen molar-refractivity contribution in [2.45, 2.75) is 19.7 Å². The SMILES string of the molecule is COC(=O)c1ccc(OC(F)(F)F)c(C(=O)Cc2ccnc(C)c2)c1. The van der Waals surface area contributed by atoms with Gasteiger partial charge in [-0.3, -0.25) is 9.78 Å². The predicted octanol–water partition coefficient (Wildman–Crippen LogP) is 3.50. The Hall–Kier alpha value is -2.90. The second-order valence-electron chi connectivity index (χ2n) is 5.16. The van der Waals surface area contributed by atoms with E-state index in [0.717, 1.165) is 25.3 Å². The number of methoxy groups -OCH3 is 1. The summed E-state index contributed by atoms with van der Waals surface area (Å²) < 4.78 is 46.1. The molecule has 0 fully saturated rings. The first-order valence-electron chi connectivity index (χ1n) is 7.12. The molecule has 0 saturated carbocycles. The molecule has 0 spiro atoms. The first-order chi connectivity index (χ1) is 11.7. The number of esters is 1. The fraction of sp³-hybridized carbons (Fsp3) is 0.235. The molecule has 1 aromatic heterocycles. The molecule has 0 aliphatic rings. The third-order valence-corrected chi connectivity index (χ3v) is 3.25. The van der Waals surface area contributed by atoms with Crippen LogP contribution in [0.3, 0.4) is 0 Å². The summed E-state index contributed by atoms with van der Waals surface area (Å²) >= 11 is 0. The molecule has 0 bridgehead atoms. The average molecular weight is 353 g/mol. The van der Waals surface area contributed by atoms with Crippen LogP contribution in [0.2, 0.25) is 0 Å². The first-order valence-corrected chi connectivity index (χ1v) is 7.12. The van der Waals surface area contributed by atoms with Gasteiger partial charge < -0.3 is 9.47 Å². The van der Waals surface area contributed by atoms with Gasteiger partial charge in [0, 0.05) is 18.3 Å². The Labute approximate surface area is 141 Å². The Kier molecular flexibility index (Phi) is 5.41. The molecule has 25 heavy (non-hydrogen) atoms. The highest BCUT2D eigenvalue weighted by atomic mass is 19.4. The number of hydrogen-bond acceptors (Lipinski definition) is 5. The number of carbonyl (C=O) groups is 2. The lowest BCUT2D eigenvalue weighted by molar-refractivity contribution is -0.274. The molecule has 0 unspecified atom stereocenters. The number of nitrogens with zero attached hydrogens (tertiary/aromatic N) is 1. The van der Waals surface area contributed by atoms with Crippen LogP contribution >= 0.6 is 0 Å². The number of carbonyl (C=O) groups excluding carboxylic acids is 2. The number of Topliss-reactive ketones (excluding diaryl/α,β-unsaturated/α-hetero) is 1. The molecular formula is C17H14F3NO4. The molecule has 0 aliphatic carbocycles. The summed E-state index contributed by atoms with van der Waals surface area (Å²) in [6, 6.07) is 6.28. The molecule has 1 aromatic carbocycles. The van der Waals surface area contributed by atoms with Gasteiger partial charge in [-0.25, -0.2) is 4.79 Å². The molecule has 0 saturated heterocycles. The smallest absolute Gasteiger partial charge is 0.465 e. The quantitative estimate of drug-likeness (QED) is 0.608. The number of rotatable bonds is 5. The minimum atomic E-state index is -4.96. The van der Waals surface area contributed by atoms with E-state index in [4.69, 9.17) is 0 Å². The molecule has 0 radical (unpaired) electrons. The van der Waals surface area contributed by atoms with Crippen LogP contribution in [0.25, 0.3) is 0 Å². The van der Waals surface area contributed by atoms with Crippen LogP contribution in [0.1, 0.15) is 32.0 Å². The maximum Gasteiger partial charge on any atom is 0.573 e. The van der Waals surface area contributed by atoms with E-state index in [1.807, 2.05) is 0 Å². The van der Waals surface area contributed by atoms with E-state index in [0.29, 0.717) is 11.3 Å². The number of aromatic nitrogens is 1. The van der Waals surface area contributed by atoms with Gasteiger partial charge in [-0.15, -0.1) is 13.2 Å². The Morgan fingerprint density at radius 2 is 1.88 bits per heavy atom. The maximum absolute atomic E-state index is 12.6. The van der Waals surface area contributed by atoms with E-state index in [9.17, 15) is 22.8 Å². The third-order valence-electron chi connectivity index (χ3n) is 3.25. The van der Waals surface area contributed by atoms with E-state index in [2.05, 4.69) is 14.5 Å². The largest absolute Gasteiger partial charge is 0.573 e. The molecule has 1 heterocycles. The minimum Gasteiger partial charge on any atom is -0.465 e. The molecule has 2 rings (SSSR count). The van der Waals surface area contributed by atoms with Crippen molar-refractivity contribution in [2.75, 3.05) is 7.11 Å². The minimum absolute atomic E-state index is 0.0497. The summed E-state index contributed by atoms with van der Waals surface area (Å²) in [6.45, 7) is 1.73. The van der Waals surface area contributed by atoms with E-state index in [-0.39, 0.29) is 17.5 Å². The molecule has 8 heteroatoms. The number of halogens is 3. The highest BCUT2D eigenvalue weighted by Gasteiger charge is 2.33. The number of hydrogen-bond donors (Lipinski definition) is 0. The van der Waals surface area contributed by atoms with Crippen molar-refractivity contribution in [1.29, 1.82) is 0 Å². The lowest BCUT2D eigenvalue weighted by Crippen LogP contribution is -2.20. The molecule has 132 valence electrons. The van der Waals surface area contributed by atoms with Crippen molar-refractivity contribution in [3.8, 4) is 5.75 Å². The van der Waals surface area contributed by atoms with Crippen LogP contribution in [-0.2, 0) is 11.2 Å². The fourth-order valence-corrected chi connectivity index (χ4v) is 2.20. The van der Waals surface area contributed by atoms with Crippen molar-refractivity contribution in [3.63, 3.8) is 0 Å². The summed E-state index contributed by atoms with van der Waals surface area (Å²) in [6.07, 6.45) is -3.63. The van der Waals surface area contributed by atoms with E-state index >= 15 is 0 Å². The number of pyridine rings is 1. The maximum atomic E-state index is 12.6. The van der Waals surface area contributed by atoms with Crippen molar-refractivity contribution in [2.24, 2.45) is 0 Å². The van der Waals surface area contributed by atoms with Crippen LogP contribution in [0.4, 0.5) is 13.2 Å². The van der Waals surface area contributed by atoms with Gasteiger partial charge in [0.25, 0.3) is 0 Å². The van der Waals surface area contributed by atoms with Gasteiger partial charge in [0.15, 0.2) is 5.78 Å². The number of ketones is 1. The van der Waals surface area contributed by atoms with Gasteiger partial charge in [-0.1, -0.05) is 0 Å². The molecule has 2 aromatic rings. The Morgan fingerprint density at radius 3 is 2.48 bits per heavy atom. The Morgan fingerprint density at radius 1 is 1.16 bits per heavy atom. The van der Waals surface area contributed by atoms with Gasteiger partial charge in [0.2, 0.25) is 0 Å². The zero-order chi connectivity index (χ0) is 18.6. The van der Waals surface area contributed by atoms with Gasteiger partial charge >= 0.3 is 12.3 Å². The monoisotopic (exact) mass is 353 g/mol. The van der Waals surface area contributed by atoms with Gasteiger partial charge in [-0.05, 0) is 42.8 Å². The van der Waals surface area contributed by atoms with Crippen LogP contribution in [0.5, 0.6) is 5.75 Å². The standard InChI is InChI=1S/C17H14F3NO4/c1-10-7-11(5-6-21-10)8-14(22)13-9-12(16(23)24-2)3-4-15(13)25-17(18,19)20/h3-7,9H,8H2,1-2H3. The fourth-order valence-electron chi connectivity index (χ4n) is 2.20. The highest BCUT2D eigenvalue weighted by Crippen LogP contribution is 2.28. The summed E-state index contributed by atoms with van der Waals surface area (Å²) in [7, 11) is 1.13. The number of alkyl halides is 3. The van der Waals surface area contributed by atoms with E-state index < -0.39 is 23.9 Å². The van der Waals surface area contributed by atoms with Crippen molar-refractivity contribution in [1.82, 2.24) is 4.98 Å². The number of ether oxygens (including phenoxy) is 2. The molecular weight excluding hydrogens is 339 g/mol. The highest BCUT2D eigenvalue weighted by molar-refractivity contribution is 6.02. The molecule has 0 atom stereocenters. The second-order valence-corrected chi connectivity index (χ2v) is 5.16. The van der Waals surface area contributed by atoms with Crippen molar-refractivity contribution < 1.29 is 32.2 Å². The summed E-state index contributed by atoms with van der Waals surface area (Å²) in [5, 5.41) is 0. The van der Waals surface area contributed by atoms with Gasteiger partial charge in [-0.2, -0.15) is 0 Å². The van der Waals surface area contributed by atoms with Crippen molar-refractivity contribution in [3.05, 3.63) is 58.9 Å². The third kappa shape index (κ3) is 5.03. The number of aryl methyl sites for hydroxylation is 1. The van der Waals surface area contributed by atoms with Crippen molar-refractivity contribution >= 4 is 11.8 Å². The molecule has 0 N–H and O–H groups in total. The Balaban J connectivity index is 2.40. The van der Waals surface area contributed by atoms with Crippen LogP contribution in [0, 0.1) is 6.92 Å². The Bertz CT molecular complexity index is 803. The molecule has 0 amide bonds. The lowest BCUT2D eigenvalue weighted by Gasteiger charge is -2.14. The van der Waals surface area contributed by atoms with Crippen LogP contribution in [-0.4, -0.2) is 30.2 Å². The zero-order valence-corrected chi connectivity index (χ0v) is 13.4. The normalized spacial score (nSPS) is 11.1. The van der Waals surface area contributed by atoms with Crippen LogP contribution < -0.4 is 4.74 Å². The van der Waals surface area contributed by atoms with E-state index in [1.54, 1.807) is 19.1 Å². The molecule has 5 nitrogen and oxygen atoms in total. The lowest BCUT2D eigenvalue weighted by atomic mass is 10.0.